The van der Waals surface area contributed by atoms with E-state index >= 15 is 0 Å². The fourth-order valence-corrected chi connectivity index (χ4v) is 2.55. The Labute approximate surface area is 109 Å². The van der Waals surface area contributed by atoms with E-state index < -0.39 is 0 Å². The van der Waals surface area contributed by atoms with E-state index in [1.165, 1.54) is 6.07 Å². The van der Waals surface area contributed by atoms with Gasteiger partial charge in [-0.05, 0) is 32.4 Å². The molecule has 0 atom stereocenters. The molecule has 1 N–H and O–H groups in total. The van der Waals surface area contributed by atoms with E-state index in [9.17, 15) is 9.90 Å². The van der Waals surface area contributed by atoms with Crippen LogP contribution < -0.4 is 5.63 Å². The number of aliphatic hydroxyl groups is 1. The number of hydrogen-bond donors (Lipinski definition) is 1. The van der Waals surface area contributed by atoms with E-state index in [4.69, 9.17) is 8.83 Å². The predicted molar refractivity (Wildman–Crippen MR) is 72.4 cm³/mol. The molecule has 19 heavy (non-hydrogen) atoms. The van der Waals surface area contributed by atoms with Crippen LogP contribution in [0.2, 0.25) is 0 Å². The normalized spacial score (nSPS) is 11.6. The highest BCUT2D eigenvalue weighted by molar-refractivity contribution is 5.99. The Balaban J connectivity index is 2.60. The van der Waals surface area contributed by atoms with E-state index in [2.05, 4.69) is 0 Å². The molecule has 0 radical (unpaired) electrons. The Bertz CT molecular complexity index is 852. The number of fused-ring (bicyclic) bond motifs is 2. The fourth-order valence-electron chi connectivity index (χ4n) is 2.55. The Morgan fingerprint density at radius 1 is 1.05 bits per heavy atom. The Morgan fingerprint density at radius 2 is 1.74 bits per heavy atom. The summed E-state index contributed by atoms with van der Waals surface area (Å²) in [6.07, 6.45) is 0. The van der Waals surface area contributed by atoms with Crippen molar-refractivity contribution in [3.63, 3.8) is 0 Å². The molecular formula is C15H14O4. The number of aryl methyl sites for hydroxylation is 3. The van der Waals surface area contributed by atoms with Gasteiger partial charge in [0.05, 0.1) is 6.61 Å². The molecule has 0 aliphatic heterocycles. The first-order chi connectivity index (χ1) is 9.02. The number of furan rings is 1. The van der Waals surface area contributed by atoms with Crippen molar-refractivity contribution in [2.75, 3.05) is 0 Å². The summed E-state index contributed by atoms with van der Waals surface area (Å²) in [4.78, 5) is 11.5. The summed E-state index contributed by atoms with van der Waals surface area (Å²) in [6, 6.07) is 3.39. The van der Waals surface area contributed by atoms with Crippen LogP contribution >= 0.6 is 0 Å². The third kappa shape index (κ3) is 1.60. The van der Waals surface area contributed by atoms with E-state index in [0.717, 1.165) is 27.5 Å². The molecule has 2 aromatic heterocycles. The van der Waals surface area contributed by atoms with Gasteiger partial charge < -0.3 is 13.9 Å². The maximum atomic E-state index is 11.5. The summed E-state index contributed by atoms with van der Waals surface area (Å²) < 4.78 is 11.0. The van der Waals surface area contributed by atoms with E-state index in [0.29, 0.717) is 16.9 Å². The number of rotatable bonds is 1. The minimum atomic E-state index is -0.363. The molecule has 1 aromatic carbocycles. The Hall–Kier alpha value is -2.07. The Morgan fingerprint density at radius 3 is 2.42 bits per heavy atom. The molecule has 4 heteroatoms. The minimum absolute atomic E-state index is 0.0698. The second-order valence-electron chi connectivity index (χ2n) is 4.80. The molecule has 4 nitrogen and oxygen atoms in total. The molecule has 0 saturated carbocycles. The van der Waals surface area contributed by atoms with Crippen LogP contribution in [-0.2, 0) is 6.61 Å². The molecule has 3 aromatic rings. The van der Waals surface area contributed by atoms with Gasteiger partial charge in [0, 0.05) is 28.0 Å². The van der Waals surface area contributed by atoms with Gasteiger partial charge in [0.15, 0.2) is 0 Å². The third-order valence-corrected chi connectivity index (χ3v) is 3.58. The highest BCUT2D eigenvalue weighted by Crippen LogP contribution is 2.34. The number of hydrogen-bond acceptors (Lipinski definition) is 4. The zero-order chi connectivity index (χ0) is 13.7. The van der Waals surface area contributed by atoms with Gasteiger partial charge in [0.25, 0.3) is 0 Å². The summed E-state index contributed by atoms with van der Waals surface area (Å²) >= 11 is 0. The zero-order valence-electron chi connectivity index (χ0n) is 11.0. The fraction of sp³-hybridized carbons (Fsp3) is 0.267. The molecule has 0 fully saturated rings. The van der Waals surface area contributed by atoms with Gasteiger partial charge in [0.1, 0.15) is 16.9 Å². The van der Waals surface area contributed by atoms with Gasteiger partial charge in [-0.1, -0.05) is 0 Å². The maximum absolute atomic E-state index is 11.5. The monoisotopic (exact) mass is 258 g/mol. The van der Waals surface area contributed by atoms with Crippen molar-refractivity contribution < 1.29 is 13.9 Å². The van der Waals surface area contributed by atoms with Crippen LogP contribution in [0, 0.1) is 20.8 Å². The van der Waals surface area contributed by atoms with Crippen molar-refractivity contribution in [1.82, 2.24) is 0 Å². The lowest BCUT2D eigenvalue weighted by molar-refractivity contribution is 0.280. The molecule has 0 saturated heterocycles. The lowest BCUT2D eigenvalue weighted by Gasteiger charge is -2.04. The summed E-state index contributed by atoms with van der Waals surface area (Å²) in [6.45, 7) is 5.48. The molecule has 0 aliphatic rings. The molecule has 98 valence electrons. The smallest absolute Gasteiger partial charge is 0.336 e. The van der Waals surface area contributed by atoms with Crippen LogP contribution in [0.5, 0.6) is 0 Å². The molecule has 3 rings (SSSR count). The third-order valence-electron chi connectivity index (χ3n) is 3.58. The molecule has 2 heterocycles. The van der Waals surface area contributed by atoms with Crippen LogP contribution in [0.25, 0.3) is 21.9 Å². The molecule has 0 spiro atoms. The van der Waals surface area contributed by atoms with Crippen molar-refractivity contribution in [1.29, 1.82) is 0 Å². The molecule has 0 unspecified atom stereocenters. The highest BCUT2D eigenvalue weighted by atomic mass is 16.4. The Kier molecular flexibility index (Phi) is 2.50. The van der Waals surface area contributed by atoms with Crippen LogP contribution in [0.3, 0.4) is 0 Å². The highest BCUT2D eigenvalue weighted by Gasteiger charge is 2.16. The molecule has 0 amide bonds. The topological polar surface area (TPSA) is 63.6 Å². The average Bonchev–Trinajstić information content (AvgIpc) is 2.67. The first kappa shape index (κ1) is 12.0. The van der Waals surface area contributed by atoms with Crippen LogP contribution in [0.4, 0.5) is 0 Å². The average molecular weight is 258 g/mol. The van der Waals surface area contributed by atoms with Gasteiger partial charge >= 0.3 is 5.63 Å². The van der Waals surface area contributed by atoms with Crippen molar-refractivity contribution in [3.8, 4) is 0 Å². The predicted octanol–water partition coefficient (Wildman–Crippen LogP) is 2.96. The van der Waals surface area contributed by atoms with E-state index in [-0.39, 0.29) is 12.2 Å². The zero-order valence-corrected chi connectivity index (χ0v) is 11.0. The van der Waals surface area contributed by atoms with Crippen LogP contribution in [-0.4, -0.2) is 5.11 Å². The standard InChI is InChI=1S/C15H14O4/c1-7-4-13(17)19-14-8(2)15-11(5-10(7)14)12(6-16)9(3)18-15/h4-5,16H,6H2,1-3H3. The lowest BCUT2D eigenvalue weighted by atomic mass is 10.0. The van der Waals surface area contributed by atoms with Crippen molar-refractivity contribution in [3.05, 3.63) is 45.0 Å². The van der Waals surface area contributed by atoms with Gasteiger partial charge in [-0.25, -0.2) is 4.79 Å². The van der Waals surface area contributed by atoms with Gasteiger partial charge in [-0.15, -0.1) is 0 Å². The largest absolute Gasteiger partial charge is 0.461 e. The van der Waals surface area contributed by atoms with Crippen molar-refractivity contribution in [2.45, 2.75) is 27.4 Å². The summed E-state index contributed by atoms with van der Waals surface area (Å²) in [5.74, 6) is 0.691. The second-order valence-corrected chi connectivity index (χ2v) is 4.80. The maximum Gasteiger partial charge on any atom is 0.336 e. The SMILES string of the molecule is Cc1oc2c(C)c3oc(=O)cc(C)c3cc2c1CO. The number of benzene rings is 1. The van der Waals surface area contributed by atoms with Gasteiger partial charge in [0.2, 0.25) is 0 Å². The lowest BCUT2D eigenvalue weighted by Crippen LogP contribution is -1.99. The molecule has 0 bridgehead atoms. The van der Waals surface area contributed by atoms with E-state index in [1.54, 1.807) is 0 Å². The summed E-state index contributed by atoms with van der Waals surface area (Å²) in [5, 5.41) is 11.2. The van der Waals surface area contributed by atoms with Crippen LogP contribution in [0.15, 0.2) is 25.8 Å². The molecule has 0 aliphatic carbocycles. The van der Waals surface area contributed by atoms with Crippen molar-refractivity contribution >= 4 is 21.9 Å². The van der Waals surface area contributed by atoms with Crippen molar-refractivity contribution in [2.24, 2.45) is 0 Å². The summed E-state index contributed by atoms with van der Waals surface area (Å²) in [7, 11) is 0. The second kappa shape index (κ2) is 3.96. The number of aliphatic hydroxyl groups excluding tert-OH is 1. The van der Waals surface area contributed by atoms with Crippen LogP contribution in [0.1, 0.15) is 22.5 Å². The first-order valence-corrected chi connectivity index (χ1v) is 6.10. The van der Waals surface area contributed by atoms with Gasteiger partial charge in [-0.2, -0.15) is 0 Å². The van der Waals surface area contributed by atoms with E-state index in [1.807, 2.05) is 26.8 Å². The summed E-state index contributed by atoms with van der Waals surface area (Å²) in [5.41, 5.74) is 3.29. The minimum Gasteiger partial charge on any atom is -0.461 e. The first-order valence-electron chi connectivity index (χ1n) is 6.10. The quantitative estimate of drug-likeness (QED) is 0.681. The molecular weight excluding hydrogens is 244 g/mol. The van der Waals surface area contributed by atoms with Gasteiger partial charge in [-0.3, -0.25) is 0 Å².